The van der Waals surface area contributed by atoms with Crippen molar-refractivity contribution in [1.29, 1.82) is 0 Å². The maximum atomic E-state index is 12.0. The van der Waals surface area contributed by atoms with Crippen molar-refractivity contribution < 1.29 is 8.42 Å². The number of nitrogens with one attached hydrogen (secondary N) is 2. The van der Waals surface area contributed by atoms with Crippen LogP contribution in [-0.4, -0.2) is 50.9 Å². The monoisotopic (exact) mass is 300 g/mol. The first kappa shape index (κ1) is 17.0. The van der Waals surface area contributed by atoms with Crippen LogP contribution in [0, 0.1) is 0 Å². The highest BCUT2D eigenvalue weighted by Gasteiger charge is 2.15. The molecular formula is C13H24N4O2S. The predicted molar refractivity (Wildman–Crippen MR) is 80.7 cm³/mol. The van der Waals surface area contributed by atoms with Gasteiger partial charge in [0.05, 0.1) is 0 Å². The Morgan fingerprint density at radius 3 is 2.60 bits per heavy atom. The van der Waals surface area contributed by atoms with Crippen LogP contribution in [0.25, 0.3) is 0 Å². The number of hydrogen-bond donors (Lipinski definition) is 2. The predicted octanol–water partition coefficient (Wildman–Crippen LogP) is 0.390. The van der Waals surface area contributed by atoms with Crippen LogP contribution in [0.4, 0.5) is 0 Å². The van der Waals surface area contributed by atoms with Crippen LogP contribution in [0.2, 0.25) is 0 Å². The maximum Gasteiger partial charge on any atom is 0.279 e. The van der Waals surface area contributed by atoms with Gasteiger partial charge in [0.15, 0.2) is 0 Å². The summed E-state index contributed by atoms with van der Waals surface area (Å²) in [5, 5.41) is 3.17. The van der Waals surface area contributed by atoms with Gasteiger partial charge in [-0.1, -0.05) is 6.92 Å². The van der Waals surface area contributed by atoms with E-state index in [0.717, 1.165) is 25.1 Å². The van der Waals surface area contributed by atoms with Gasteiger partial charge < -0.3 is 5.32 Å². The zero-order chi connectivity index (χ0) is 14.8. The van der Waals surface area contributed by atoms with Gasteiger partial charge in [0.2, 0.25) is 0 Å². The molecule has 1 heterocycles. The molecule has 0 aliphatic carbocycles. The van der Waals surface area contributed by atoms with Crippen molar-refractivity contribution in [1.82, 2.24) is 19.3 Å². The number of rotatable bonds is 10. The molecule has 0 saturated carbocycles. The summed E-state index contributed by atoms with van der Waals surface area (Å²) in [5.74, 6) is 0. The SMILES string of the molecule is CCNCCCN(C)S(=O)(=O)NCCc1ccncc1. The van der Waals surface area contributed by atoms with Gasteiger partial charge in [-0.05, 0) is 43.6 Å². The molecule has 0 aromatic carbocycles. The summed E-state index contributed by atoms with van der Waals surface area (Å²) in [4.78, 5) is 3.93. The lowest BCUT2D eigenvalue weighted by Gasteiger charge is -2.17. The first-order chi connectivity index (χ1) is 9.56. The van der Waals surface area contributed by atoms with E-state index in [9.17, 15) is 8.42 Å². The fourth-order valence-electron chi connectivity index (χ4n) is 1.71. The second-order valence-corrected chi connectivity index (χ2v) is 6.40. The average Bonchev–Trinajstić information content (AvgIpc) is 2.44. The van der Waals surface area contributed by atoms with Gasteiger partial charge in [0.1, 0.15) is 0 Å². The van der Waals surface area contributed by atoms with Crippen LogP contribution in [0.5, 0.6) is 0 Å². The Morgan fingerprint density at radius 1 is 1.25 bits per heavy atom. The summed E-state index contributed by atoms with van der Waals surface area (Å²) in [6.45, 7) is 4.66. The fraction of sp³-hybridized carbons (Fsp3) is 0.615. The Balaban J connectivity index is 2.29. The van der Waals surface area contributed by atoms with E-state index in [0.29, 0.717) is 19.5 Å². The van der Waals surface area contributed by atoms with Crippen LogP contribution in [0.3, 0.4) is 0 Å². The first-order valence-corrected chi connectivity index (χ1v) is 8.31. The molecular weight excluding hydrogens is 276 g/mol. The van der Waals surface area contributed by atoms with E-state index in [-0.39, 0.29) is 0 Å². The van der Waals surface area contributed by atoms with Crippen LogP contribution in [0.15, 0.2) is 24.5 Å². The molecule has 0 aliphatic heterocycles. The van der Waals surface area contributed by atoms with Crippen molar-refractivity contribution in [3.8, 4) is 0 Å². The van der Waals surface area contributed by atoms with E-state index in [2.05, 4.69) is 15.0 Å². The van der Waals surface area contributed by atoms with E-state index < -0.39 is 10.2 Å². The molecule has 0 aliphatic rings. The summed E-state index contributed by atoms with van der Waals surface area (Å²) < 4.78 is 27.9. The molecule has 6 nitrogen and oxygen atoms in total. The summed E-state index contributed by atoms with van der Waals surface area (Å²) in [7, 11) is -1.78. The lowest BCUT2D eigenvalue weighted by atomic mass is 10.2. The Kier molecular flexibility index (Phi) is 7.68. The zero-order valence-corrected chi connectivity index (χ0v) is 13.0. The number of hydrogen-bond acceptors (Lipinski definition) is 4. The summed E-state index contributed by atoms with van der Waals surface area (Å²) >= 11 is 0. The van der Waals surface area contributed by atoms with E-state index in [1.807, 2.05) is 19.1 Å². The summed E-state index contributed by atoms with van der Waals surface area (Å²) in [5.41, 5.74) is 1.07. The van der Waals surface area contributed by atoms with E-state index in [1.54, 1.807) is 19.4 Å². The van der Waals surface area contributed by atoms with Crippen molar-refractivity contribution >= 4 is 10.2 Å². The molecule has 0 atom stereocenters. The normalized spacial score (nSPS) is 11.9. The summed E-state index contributed by atoms with van der Waals surface area (Å²) in [6, 6.07) is 3.77. The molecule has 0 spiro atoms. The Bertz CT molecular complexity index is 465. The molecule has 1 aromatic rings. The minimum absolute atomic E-state index is 0.393. The molecule has 0 fully saturated rings. The molecule has 0 amide bonds. The third-order valence-electron chi connectivity index (χ3n) is 2.93. The highest BCUT2D eigenvalue weighted by molar-refractivity contribution is 7.87. The third-order valence-corrected chi connectivity index (χ3v) is 4.51. The number of pyridine rings is 1. The van der Waals surface area contributed by atoms with E-state index >= 15 is 0 Å². The minimum Gasteiger partial charge on any atom is -0.317 e. The van der Waals surface area contributed by atoms with E-state index in [4.69, 9.17) is 0 Å². The van der Waals surface area contributed by atoms with Gasteiger partial charge in [-0.25, -0.2) is 4.72 Å². The van der Waals surface area contributed by atoms with Crippen molar-refractivity contribution in [3.63, 3.8) is 0 Å². The number of aromatic nitrogens is 1. The fourth-order valence-corrected chi connectivity index (χ4v) is 2.66. The number of nitrogens with zero attached hydrogens (tertiary/aromatic N) is 2. The topological polar surface area (TPSA) is 74.3 Å². The lowest BCUT2D eigenvalue weighted by Crippen LogP contribution is -2.40. The highest BCUT2D eigenvalue weighted by atomic mass is 32.2. The Labute approximate surface area is 121 Å². The smallest absolute Gasteiger partial charge is 0.279 e. The van der Waals surface area contributed by atoms with Crippen LogP contribution in [0.1, 0.15) is 18.9 Å². The molecule has 0 saturated heterocycles. The first-order valence-electron chi connectivity index (χ1n) is 6.87. The third kappa shape index (κ3) is 6.42. The second kappa shape index (κ2) is 9.02. The molecule has 114 valence electrons. The molecule has 0 bridgehead atoms. The van der Waals surface area contributed by atoms with Gasteiger partial charge in [-0.15, -0.1) is 0 Å². The van der Waals surface area contributed by atoms with Crippen LogP contribution in [-0.2, 0) is 16.6 Å². The highest BCUT2D eigenvalue weighted by Crippen LogP contribution is 1.99. The van der Waals surface area contributed by atoms with Gasteiger partial charge in [-0.3, -0.25) is 4.98 Å². The molecule has 2 N–H and O–H groups in total. The van der Waals surface area contributed by atoms with Crippen molar-refractivity contribution in [3.05, 3.63) is 30.1 Å². The minimum atomic E-state index is -3.38. The second-order valence-electron chi connectivity index (χ2n) is 4.53. The van der Waals surface area contributed by atoms with Crippen LogP contribution >= 0.6 is 0 Å². The lowest BCUT2D eigenvalue weighted by molar-refractivity contribution is 0.446. The van der Waals surface area contributed by atoms with Crippen molar-refractivity contribution in [2.24, 2.45) is 0 Å². The van der Waals surface area contributed by atoms with Crippen LogP contribution < -0.4 is 10.0 Å². The van der Waals surface area contributed by atoms with E-state index in [1.165, 1.54) is 4.31 Å². The van der Waals surface area contributed by atoms with Gasteiger partial charge in [0, 0.05) is 32.5 Å². The quantitative estimate of drug-likeness (QED) is 0.613. The molecule has 1 aromatic heterocycles. The molecule has 0 unspecified atom stereocenters. The largest absolute Gasteiger partial charge is 0.317 e. The molecule has 7 heteroatoms. The molecule has 20 heavy (non-hydrogen) atoms. The van der Waals surface area contributed by atoms with Crippen molar-refractivity contribution in [2.75, 3.05) is 33.2 Å². The summed E-state index contributed by atoms with van der Waals surface area (Å²) in [6.07, 6.45) is 4.87. The molecule has 0 radical (unpaired) electrons. The molecule has 1 rings (SSSR count). The van der Waals surface area contributed by atoms with Gasteiger partial charge >= 0.3 is 0 Å². The maximum absolute atomic E-state index is 12.0. The standard InChI is InChI=1S/C13H24N4O2S/c1-3-14-8-4-12-17(2)20(18,19)16-11-7-13-5-9-15-10-6-13/h5-6,9-10,14,16H,3-4,7-8,11-12H2,1-2H3. The average molecular weight is 300 g/mol. The zero-order valence-electron chi connectivity index (χ0n) is 12.2. The van der Waals surface area contributed by atoms with Gasteiger partial charge in [-0.2, -0.15) is 12.7 Å². The van der Waals surface area contributed by atoms with Gasteiger partial charge in [0.25, 0.3) is 10.2 Å². The Morgan fingerprint density at radius 2 is 1.95 bits per heavy atom. The van der Waals surface area contributed by atoms with Crippen molar-refractivity contribution in [2.45, 2.75) is 19.8 Å². The Hall–Kier alpha value is -1.02.